The maximum absolute atomic E-state index is 13.1. The summed E-state index contributed by atoms with van der Waals surface area (Å²) in [5, 5.41) is 0. The van der Waals surface area contributed by atoms with Gasteiger partial charge in [-0.15, -0.1) is 0 Å². The Bertz CT molecular complexity index is 431. The zero-order chi connectivity index (χ0) is 17.1. The minimum absolute atomic E-state index is 0.489. The molecule has 0 N–H and O–H groups in total. The van der Waals surface area contributed by atoms with Gasteiger partial charge in [-0.1, -0.05) is 12.8 Å². The highest BCUT2D eigenvalue weighted by molar-refractivity contribution is 6.27. The van der Waals surface area contributed by atoms with Crippen LogP contribution in [0.2, 0.25) is 6.04 Å². The van der Waals surface area contributed by atoms with Crippen LogP contribution >= 0.6 is 0 Å². The van der Waals surface area contributed by atoms with Gasteiger partial charge in [-0.3, -0.25) is 0 Å². The van der Waals surface area contributed by atoms with Gasteiger partial charge < -0.3 is 13.9 Å². The van der Waals surface area contributed by atoms with Gasteiger partial charge in [0.15, 0.2) is 27.2 Å². The van der Waals surface area contributed by atoms with Crippen LogP contribution in [-0.2, 0) is 20.3 Å². The Morgan fingerprint density at radius 2 is 1.57 bits per heavy atom. The van der Waals surface area contributed by atoms with Crippen molar-refractivity contribution in [1.82, 2.24) is 0 Å². The summed E-state index contributed by atoms with van der Waals surface area (Å²) in [4.78, 5) is 0. The monoisotopic (exact) mass is 350 g/mol. The highest BCUT2D eigenvalue weighted by atomic mass is 28.2. The molecule has 0 aliphatic rings. The van der Waals surface area contributed by atoms with Gasteiger partial charge in [0.2, 0.25) is 0 Å². The van der Waals surface area contributed by atoms with E-state index in [2.05, 4.69) is 0 Å². The van der Waals surface area contributed by atoms with Crippen molar-refractivity contribution in [2.45, 2.75) is 52.1 Å². The molecule has 7 heteroatoms. The molecule has 0 aliphatic carbocycles. The van der Waals surface area contributed by atoms with E-state index in [1.807, 2.05) is 13.8 Å². The van der Waals surface area contributed by atoms with Gasteiger partial charge in [-0.25, -0.2) is 13.2 Å². The van der Waals surface area contributed by atoms with Gasteiger partial charge in [0.1, 0.15) is 0 Å². The number of unbranched alkanes of at least 4 members (excludes halogenated alkanes) is 2. The van der Waals surface area contributed by atoms with Crippen LogP contribution in [0.5, 0.6) is 0 Å². The lowest BCUT2D eigenvalue weighted by Crippen LogP contribution is -2.22. The van der Waals surface area contributed by atoms with Gasteiger partial charge in [0, 0.05) is 13.2 Å². The minimum atomic E-state index is -1.41. The van der Waals surface area contributed by atoms with Crippen molar-refractivity contribution in [2.24, 2.45) is 0 Å². The van der Waals surface area contributed by atoms with E-state index in [1.165, 1.54) is 0 Å². The van der Waals surface area contributed by atoms with Gasteiger partial charge in [0.05, 0.1) is 0 Å². The second-order valence-corrected chi connectivity index (χ2v) is 6.56. The number of hydrogen-bond donors (Lipinski definition) is 0. The molecule has 1 aromatic rings. The van der Waals surface area contributed by atoms with Crippen molar-refractivity contribution in [3.8, 4) is 0 Å². The molecular weight excluding hydrogens is 325 g/mol. The van der Waals surface area contributed by atoms with E-state index in [0.717, 1.165) is 37.4 Å². The fraction of sp³-hybridized carbons (Fsp3) is 0.625. The second kappa shape index (κ2) is 11.6. The van der Waals surface area contributed by atoms with E-state index in [1.54, 1.807) is 0 Å². The molecule has 0 fully saturated rings. The maximum Gasteiger partial charge on any atom is 0.261 e. The third kappa shape index (κ3) is 7.96. The summed E-state index contributed by atoms with van der Waals surface area (Å²) in [6.07, 6.45) is 3.27. The predicted molar refractivity (Wildman–Crippen MR) is 85.3 cm³/mol. The van der Waals surface area contributed by atoms with Gasteiger partial charge in [-0.05, 0) is 50.4 Å². The molecule has 0 atom stereocenters. The van der Waals surface area contributed by atoms with Crippen molar-refractivity contribution in [1.29, 1.82) is 0 Å². The molecule has 0 saturated heterocycles. The lowest BCUT2D eigenvalue weighted by molar-refractivity contribution is -0.243. The van der Waals surface area contributed by atoms with Gasteiger partial charge in [-0.2, -0.15) is 0 Å². The summed E-state index contributed by atoms with van der Waals surface area (Å²) in [5.74, 6) is -3.66. The SMILES string of the molecule is CCOC(OCC)O[SiH2]CCCCCc1cc(F)c(F)c(F)c1. The van der Waals surface area contributed by atoms with E-state index in [-0.39, 0.29) is 0 Å². The first kappa shape index (κ1) is 20.2. The largest absolute Gasteiger partial charge is 0.379 e. The van der Waals surface area contributed by atoms with Crippen molar-refractivity contribution in [3.05, 3.63) is 35.1 Å². The van der Waals surface area contributed by atoms with Crippen LogP contribution in [0.3, 0.4) is 0 Å². The zero-order valence-corrected chi connectivity index (χ0v) is 15.2. The molecule has 1 rings (SSSR count). The maximum atomic E-state index is 13.1. The van der Waals surface area contributed by atoms with Crippen molar-refractivity contribution >= 4 is 9.76 Å². The Labute approximate surface area is 138 Å². The minimum Gasteiger partial charge on any atom is -0.379 e. The summed E-state index contributed by atoms with van der Waals surface area (Å²) >= 11 is 0. The van der Waals surface area contributed by atoms with E-state index >= 15 is 0 Å². The molecule has 0 saturated carbocycles. The average molecular weight is 350 g/mol. The molecule has 0 amide bonds. The Balaban J connectivity index is 2.14. The van der Waals surface area contributed by atoms with Crippen molar-refractivity contribution in [2.75, 3.05) is 13.2 Å². The first-order valence-corrected chi connectivity index (χ1v) is 9.64. The summed E-state index contributed by atoms with van der Waals surface area (Å²) in [5.41, 5.74) is 0.489. The molecule has 0 radical (unpaired) electrons. The molecular formula is C16H25F3O3Si. The summed E-state index contributed by atoms with van der Waals surface area (Å²) in [6.45, 7) is 4.31. The topological polar surface area (TPSA) is 27.7 Å². The predicted octanol–water partition coefficient (Wildman–Crippen LogP) is 3.69. The molecule has 0 bridgehead atoms. The van der Waals surface area contributed by atoms with Gasteiger partial charge in [0.25, 0.3) is 6.48 Å². The molecule has 3 nitrogen and oxygen atoms in total. The lowest BCUT2D eigenvalue weighted by Gasteiger charge is -2.17. The van der Waals surface area contributed by atoms with E-state index in [4.69, 9.17) is 13.9 Å². The Morgan fingerprint density at radius 3 is 2.13 bits per heavy atom. The summed E-state index contributed by atoms with van der Waals surface area (Å²) in [6, 6.07) is 3.11. The Morgan fingerprint density at radius 1 is 0.957 bits per heavy atom. The number of halogens is 3. The quantitative estimate of drug-likeness (QED) is 0.249. The first-order chi connectivity index (χ1) is 11.1. The average Bonchev–Trinajstić information content (AvgIpc) is 2.52. The fourth-order valence-corrected chi connectivity index (χ4v) is 3.24. The third-order valence-electron chi connectivity index (χ3n) is 3.26. The van der Waals surface area contributed by atoms with Crippen LogP contribution in [0.4, 0.5) is 13.2 Å². The van der Waals surface area contributed by atoms with Crippen molar-refractivity contribution < 1.29 is 27.1 Å². The summed E-state index contributed by atoms with van der Waals surface area (Å²) < 4.78 is 55.1. The molecule has 0 heterocycles. The highest BCUT2D eigenvalue weighted by Gasteiger charge is 2.10. The Kier molecular flexibility index (Phi) is 10.2. The second-order valence-electron chi connectivity index (χ2n) is 5.11. The smallest absolute Gasteiger partial charge is 0.261 e. The molecule has 0 aliphatic heterocycles. The standard InChI is InChI=1S/C16H25F3O3Si/c1-3-20-16(21-4-2)22-23-9-7-5-6-8-12-10-13(17)15(19)14(18)11-12/h10-11,16H,3-9,23H2,1-2H3. The van der Waals surface area contributed by atoms with Crippen LogP contribution in [0.25, 0.3) is 0 Å². The van der Waals surface area contributed by atoms with Crippen molar-refractivity contribution in [3.63, 3.8) is 0 Å². The normalized spacial score (nSPS) is 11.9. The van der Waals surface area contributed by atoms with Crippen LogP contribution in [0.1, 0.15) is 38.7 Å². The van der Waals surface area contributed by atoms with Crippen LogP contribution in [-0.4, -0.2) is 29.5 Å². The molecule has 0 aromatic heterocycles. The Hall–Kier alpha value is -0.893. The van der Waals surface area contributed by atoms with Gasteiger partial charge >= 0.3 is 0 Å². The third-order valence-corrected chi connectivity index (χ3v) is 4.56. The number of ether oxygens (including phenoxy) is 2. The van der Waals surface area contributed by atoms with E-state index < -0.39 is 33.7 Å². The number of hydrogen-bond acceptors (Lipinski definition) is 3. The summed E-state index contributed by atoms with van der Waals surface area (Å²) in [7, 11) is -0.705. The molecule has 1 aromatic carbocycles. The number of aryl methyl sites for hydroxylation is 1. The highest BCUT2D eigenvalue weighted by Crippen LogP contribution is 2.16. The zero-order valence-electron chi connectivity index (χ0n) is 13.7. The first-order valence-electron chi connectivity index (χ1n) is 8.06. The van der Waals surface area contributed by atoms with E-state index in [9.17, 15) is 13.2 Å². The lowest BCUT2D eigenvalue weighted by atomic mass is 10.1. The molecule has 23 heavy (non-hydrogen) atoms. The number of benzene rings is 1. The fourth-order valence-electron chi connectivity index (χ4n) is 2.13. The molecule has 0 spiro atoms. The van der Waals surface area contributed by atoms with Crippen LogP contribution in [0, 0.1) is 17.5 Å². The van der Waals surface area contributed by atoms with Crippen LogP contribution in [0.15, 0.2) is 12.1 Å². The molecule has 132 valence electrons. The van der Waals surface area contributed by atoms with E-state index in [0.29, 0.717) is 25.2 Å². The number of rotatable bonds is 12. The van der Waals surface area contributed by atoms with Crippen LogP contribution < -0.4 is 0 Å². The molecule has 0 unspecified atom stereocenters.